The monoisotopic (exact) mass is 330 g/mol. The zero-order chi connectivity index (χ0) is 16.9. The minimum absolute atomic E-state index is 0.0240. The topological polar surface area (TPSA) is 67.4 Å². The molecule has 0 saturated carbocycles. The lowest BCUT2D eigenvalue weighted by atomic mass is 9.92. The van der Waals surface area contributed by atoms with Crippen LogP contribution in [0.2, 0.25) is 0 Å². The Labute approximate surface area is 143 Å². The number of benzene rings is 1. The minimum atomic E-state index is -0.101. The van der Waals surface area contributed by atoms with Crippen LogP contribution in [0, 0.1) is 6.92 Å². The minimum Gasteiger partial charge on any atom is -0.376 e. The first-order valence-electron chi connectivity index (χ1n) is 8.88. The highest BCUT2D eigenvalue weighted by atomic mass is 16.5. The van der Waals surface area contributed by atoms with E-state index in [9.17, 15) is 9.59 Å². The van der Waals surface area contributed by atoms with Crippen LogP contribution in [-0.2, 0) is 20.7 Å². The van der Waals surface area contributed by atoms with E-state index in [1.54, 1.807) is 0 Å². The fraction of sp³-hybridized carbons (Fsp3) is 0.579. The fourth-order valence-electron chi connectivity index (χ4n) is 3.64. The van der Waals surface area contributed by atoms with Crippen molar-refractivity contribution in [3.05, 3.63) is 35.4 Å². The van der Waals surface area contributed by atoms with Crippen molar-refractivity contribution in [2.75, 3.05) is 6.61 Å². The number of amides is 2. The third kappa shape index (κ3) is 4.15. The standard InChI is InChI=1S/C19H26N2O3/c1-13-5-2-3-6-14(13)8-10-17(22)20-15-9-11-18(23)21-19(15)16-7-4-12-24-16/h2-3,5-6,15-16,19H,4,7-12H2,1H3,(H,20,22)(H,21,23)/t15-,16?,19-/m0/s1. The van der Waals surface area contributed by atoms with E-state index in [1.807, 2.05) is 12.1 Å². The van der Waals surface area contributed by atoms with Gasteiger partial charge in [-0.2, -0.15) is 0 Å². The predicted molar refractivity (Wildman–Crippen MR) is 91.6 cm³/mol. The second-order valence-corrected chi connectivity index (χ2v) is 6.78. The summed E-state index contributed by atoms with van der Waals surface area (Å²) in [5, 5.41) is 6.14. The van der Waals surface area contributed by atoms with Gasteiger partial charge >= 0.3 is 0 Å². The number of rotatable bonds is 5. The summed E-state index contributed by atoms with van der Waals surface area (Å²) < 4.78 is 5.73. The Bertz CT molecular complexity index is 596. The number of aryl methyl sites for hydroxylation is 2. The van der Waals surface area contributed by atoms with Crippen molar-refractivity contribution < 1.29 is 14.3 Å². The first kappa shape index (κ1) is 17.0. The highest BCUT2D eigenvalue weighted by Gasteiger charge is 2.37. The van der Waals surface area contributed by atoms with Gasteiger partial charge in [0, 0.05) is 19.4 Å². The van der Waals surface area contributed by atoms with Crippen molar-refractivity contribution in [3.8, 4) is 0 Å². The number of ether oxygens (including phenoxy) is 1. The van der Waals surface area contributed by atoms with Gasteiger partial charge in [0.2, 0.25) is 11.8 Å². The zero-order valence-corrected chi connectivity index (χ0v) is 14.2. The second kappa shape index (κ2) is 7.79. The number of carbonyl (C=O) groups is 2. The molecule has 2 fully saturated rings. The van der Waals surface area contributed by atoms with Gasteiger partial charge in [0.1, 0.15) is 0 Å². The molecule has 0 spiro atoms. The van der Waals surface area contributed by atoms with Crippen LogP contribution < -0.4 is 10.6 Å². The van der Waals surface area contributed by atoms with E-state index >= 15 is 0 Å². The van der Waals surface area contributed by atoms with Gasteiger partial charge in [-0.05, 0) is 43.7 Å². The molecule has 24 heavy (non-hydrogen) atoms. The van der Waals surface area contributed by atoms with Gasteiger partial charge in [-0.25, -0.2) is 0 Å². The van der Waals surface area contributed by atoms with Gasteiger partial charge in [-0.1, -0.05) is 24.3 Å². The molecule has 2 heterocycles. The summed E-state index contributed by atoms with van der Waals surface area (Å²) in [6.45, 7) is 2.81. The predicted octanol–water partition coefficient (Wildman–Crippen LogP) is 1.87. The molecule has 0 aliphatic carbocycles. The van der Waals surface area contributed by atoms with E-state index < -0.39 is 0 Å². The first-order valence-corrected chi connectivity index (χ1v) is 8.88. The maximum atomic E-state index is 12.4. The lowest BCUT2D eigenvalue weighted by Gasteiger charge is -2.36. The van der Waals surface area contributed by atoms with E-state index in [0.29, 0.717) is 19.3 Å². The third-order valence-electron chi connectivity index (χ3n) is 5.04. The van der Waals surface area contributed by atoms with Crippen LogP contribution in [0.5, 0.6) is 0 Å². The molecule has 0 bridgehead atoms. The summed E-state index contributed by atoms with van der Waals surface area (Å²) in [7, 11) is 0. The molecule has 0 aromatic heterocycles. The third-order valence-corrected chi connectivity index (χ3v) is 5.04. The molecule has 3 atom stereocenters. The highest BCUT2D eigenvalue weighted by Crippen LogP contribution is 2.22. The molecule has 1 aromatic rings. The van der Waals surface area contributed by atoms with E-state index in [0.717, 1.165) is 25.9 Å². The first-order chi connectivity index (χ1) is 11.6. The number of piperidine rings is 1. The average molecular weight is 330 g/mol. The zero-order valence-electron chi connectivity index (χ0n) is 14.2. The van der Waals surface area contributed by atoms with E-state index in [1.165, 1.54) is 11.1 Å². The summed E-state index contributed by atoms with van der Waals surface area (Å²) in [6, 6.07) is 8.02. The molecule has 1 unspecified atom stereocenters. The van der Waals surface area contributed by atoms with E-state index in [4.69, 9.17) is 4.74 Å². The number of hydrogen-bond acceptors (Lipinski definition) is 3. The van der Waals surface area contributed by atoms with Crippen molar-refractivity contribution in [1.82, 2.24) is 10.6 Å². The van der Waals surface area contributed by atoms with Crippen molar-refractivity contribution in [3.63, 3.8) is 0 Å². The number of nitrogens with one attached hydrogen (secondary N) is 2. The Morgan fingerprint density at radius 1 is 1.33 bits per heavy atom. The summed E-state index contributed by atoms with van der Waals surface area (Å²) in [4.78, 5) is 24.1. The average Bonchev–Trinajstić information content (AvgIpc) is 3.10. The molecule has 2 saturated heterocycles. The second-order valence-electron chi connectivity index (χ2n) is 6.78. The molecule has 130 valence electrons. The van der Waals surface area contributed by atoms with Gasteiger partial charge in [-0.3, -0.25) is 9.59 Å². The molecule has 2 amide bonds. The fourth-order valence-corrected chi connectivity index (χ4v) is 3.64. The van der Waals surface area contributed by atoms with Crippen LogP contribution >= 0.6 is 0 Å². The molecule has 1 aromatic carbocycles. The van der Waals surface area contributed by atoms with Crippen molar-refractivity contribution in [2.24, 2.45) is 0 Å². The lowest BCUT2D eigenvalue weighted by Crippen LogP contribution is -2.60. The SMILES string of the molecule is Cc1ccccc1CCC(=O)N[C@H]1CCC(=O)N[C@@H]1C1CCCO1. The molecule has 0 radical (unpaired) electrons. The lowest BCUT2D eigenvalue weighted by molar-refractivity contribution is -0.128. The van der Waals surface area contributed by atoms with Crippen LogP contribution in [0.1, 0.15) is 43.2 Å². The smallest absolute Gasteiger partial charge is 0.220 e. The molecule has 2 aliphatic heterocycles. The highest BCUT2D eigenvalue weighted by molar-refractivity contribution is 5.79. The van der Waals surface area contributed by atoms with Gasteiger partial charge in [-0.15, -0.1) is 0 Å². The number of hydrogen-bond donors (Lipinski definition) is 2. The molecule has 2 N–H and O–H groups in total. The molecule has 5 nitrogen and oxygen atoms in total. The summed E-state index contributed by atoms with van der Waals surface area (Å²) in [6.07, 6.45) is 4.34. The van der Waals surface area contributed by atoms with Crippen LogP contribution in [0.15, 0.2) is 24.3 Å². The maximum absolute atomic E-state index is 12.4. The Morgan fingerprint density at radius 2 is 2.17 bits per heavy atom. The Hall–Kier alpha value is -1.88. The molecule has 3 rings (SSSR count). The van der Waals surface area contributed by atoms with Crippen LogP contribution in [-0.4, -0.2) is 36.6 Å². The van der Waals surface area contributed by atoms with Crippen LogP contribution in [0.25, 0.3) is 0 Å². The number of carbonyl (C=O) groups excluding carboxylic acids is 2. The van der Waals surface area contributed by atoms with E-state index in [-0.39, 0.29) is 30.0 Å². The maximum Gasteiger partial charge on any atom is 0.220 e. The van der Waals surface area contributed by atoms with E-state index in [2.05, 4.69) is 29.7 Å². The summed E-state index contributed by atoms with van der Waals surface area (Å²) in [5.41, 5.74) is 2.42. The van der Waals surface area contributed by atoms with Crippen LogP contribution in [0.4, 0.5) is 0 Å². The van der Waals surface area contributed by atoms with Crippen LogP contribution in [0.3, 0.4) is 0 Å². The molecular weight excluding hydrogens is 304 g/mol. The summed E-state index contributed by atoms with van der Waals surface area (Å²) in [5.74, 6) is 0.100. The Balaban J connectivity index is 1.55. The van der Waals surface area contributed by atoms with Crippen molar-refractivity contribution in [1.29, 1.82) is 0 Å². The van der Waals surface area contributed by atoms with Gasteiger partial charge in [0.15, 0.2) is 0 Å². The molecular formula is C19H26N2O3. The molecule has 5 heteroatoms. The largest absolute Gasteiger partial charge is 0.376 e. The Kier molecular flexibility index (Phi) is 5.51. The quantitative estimate of drug-likeness (QED) is 0.866. The molecule has 2 aliphatic rings. The van der Waals surface area contributed by atoms with Crippen molar-refractivity contribution >= 4 is 11.8 Å². The summed E-state index contributed by atoms with van der Waals surface area (Å²) >= 11 is 0. The Morgan fingerprint density at radius 3 is 2.92 bits per heavy atom. The van der Waals surface area contributed by atoms with Gasteiger partial charge in [0.05, 0.1) is 18.2 Å². The van der Waals surface area contributed by atoms with Gasteiger partial charge < -0.3 is 15.4 Å². The van der Waals surface area contributed by atoms with Crippen molar-refractivity contribution in [2.45, 2.75) is 63.6 Å². The van der Waals surface area contributed by atoms with Gasteiger partial charge in [0.25, 0.3) is 0 Å². The normalized spacial score (nSPS) is 26.9.